The molecule has 1 aromatic rings. The van der Waals surface area contributed by atoms with Crippen LogP contribution in [0.4, 0.5) is 5.69 Å². The van der Waals surface area contributed by atoms with Crippen LogP contribution < -0.4 is 5.32 Å². The Morgan fingerprint density at radius 1 is 1.47 bits per heavy atom. The number of hydrogen-bond acceptors (Lipinski definition) is 2. The summed E-state index contributed by atoms with van der Waals surface area (Å²) in [6.45, 7) is 2.13. The summed E-state index contributed by atoms with van der Waals surface area (Å²) in [4.78, 5) is 0. The normalized spacial score (nSPS) is 21.3. The number of rotatable bonds is 2. The highest BCUT2D eigenvalue weighted by Gasteiger charge is 2.14. The third kappa shape index (κ3) is 3.15. The van der Waals surface area contributed by atoms with Gasteiger partial charge < -0.3 is 5.32 Å². The predicted molar refractivity (Wildman–Crippen MR) is 72.8 cm³/mol. The molecular weight excluding hydrogens is 270 g/mol. The lowest BCUT2D eigenvalue weighted by Crippen LogP contribution is -2.25. The molecule has 0 saturated carbocycles. The third-order valence-corrected chi connectivity index (χ3v) is 4.55. The molecule has 1 aromatic carbocycles. The van der Waals surface area contributed by atoms with Gasteiger partial charge in [-0.15, -0.1) is 0 Å². The number of benzene rings is 1. The quantitative estimate of drug-likeness (QED) is 0.879. The molecule has 1 unspecified atom stereocenters. The fraction of sp³-hybridized carbons (Fsp3) is 0.500. The second-order valence-electron chi connectivity index (χ2n) is 4.04. The molecule has 1 atom stereocenters. The summed E-state index contributed by atoms with van der Waals surface area (Å²) in [5, 5.41) is 3.62. The Morgan fingerprint density at radius 2 is 2.33 bits per heavy atom. The van der Waals surface area contributed by atoms with E-state index in [-0.39, 0.29) is 0 Å². The molecule has 1 heterocycles. The molecule has 1 aliphatic rings. The Morgan fingerprint density at radius 3 is 3.07 bits per heavy atom. The van der Waals surface area contributed by atoms with Gasteiger partial charge in [-0.2, -0.15) is 11.8 Å². The van der Waals surface area contributed by atoms with Crippen LogP contribution in [0, 0.1) is 6.92 Å². The molecule has 0 bridgehead atoms. The maximum absolute atomic E-state index is 3.62. The first-order chi connectivity index (χ1) is 7.25. The van der Waals surface area contributed by atoms with E-state index in [4.69, 9.17) is 0 Å². The summed E-state index contributed by atoms with van der Waals surface area (Å²) >= 11 is 5.64. The minimum absolute atomic E-state index is 0.641. The summed E-state index contributed by atoms with van der Waals surface area (Å²) in [7, 11) is 0. The van der Waals surface area contributed by atoms with Crippen molar-refractivity contribution in [3.8, 4) is 0 Å². The highest BCUT2D eigenvalue weighted by atomic mass is 79.9. The second kappa shape index (κ2) is 5.26. The van der Waals surface area contributed by atoms with E-state index in [1.54, 1.807) is 0 Å². The number of halogens is 1. The van der Waals surface area contributed by atoms with E-state index >= 15 is 0 Å². The van der Waals surface area contributed by atoms with Crippen LogP contribution in [0.25, 0.3) is 0 Å². The lowest BCUT2D eigenvalue weighted by molar-refractivity contribution is 0.685. The van der Waals surface area contributed by atoms with E-state index in [9.17, 15) is 0 Å². The lowest BCUT2D eigenvalue weighted by atomic mass is 10.1. The second-order valence-corrected chi connectivity index (χ2v) is 6.05. The van der Waals surface area contributed by atoms with Crippen molar-refractivity contribution < 1.29 is 0 Å². The van der Waals surface area contributed by atoms with Gasteiger partial charge in [0, 0.05) is 22.0 Å². The van der Waals surface area contributed by atoms with Gasteiger partial charge in [0.15, 0.2) is 0 Å². The van der Waals surface area contributed by atoms with Gasteiger partial charge >= 0.3 is 0 Å². The smallest absolute Gasteiger partial charge is 0.0489 e. The minimum Gasteiger partial charge on any atom is -0.381 e. The molecule has 0 amide bonds. The van der Waals surface area contributed by atoms with E-state index in [0.717, 1.165) is 0 Å². The van der Waals surface area contributed by atoms with Crippen LogP contribution in [-0.2, 0) is 0 Å². The molecule has 1 nitrogen and oxygen atoms in total. The zero-order valence-electron chi connectivity index (χ0n) is 8.92. The molecule has 1 N–H and O–H groups in total. The van der Waals surface area contributed by atoms with Gasteiger partial charge in [-0.25, -0.2) is 0 Å². The van der Waals surface area contributed by atoms with Crippen LogP contribution in [0.15, 0.2) is 22.7 Å². The van der Waals surface area contributed by atoms with Crippen molar-refractivity contribution in [2.45, 2.75) is 25.8 Å². The van der Waals surface area contributed by atoms with Crippen LogP contribution in [0.1, 0.15) is 18.4 Å². The van der Waals surface area contributed by atoms with E-state index in [1.807, 2.05) is 0 Å². The SMILES string of the molecule is Cc1ccc(Br)c(NC2CCCSC2)c1. The third-order valence-electron chi connectivity index (χ3n) is 2.64. The first kappa shape index (κ1) is 11.3. The van der Waals surface area contributed by atoms with Crippen molar-refractivity contribution >= 4 is 33.4 Å². The van der Waals surface area contributed by atoms with E-state index in [1.165, 1.54) is 40.1 Å². The van der Waals surface area contributed by atoms with Crippen molar-refractivity contribution in [1.82, 2.24) is 0 Å². The molecule has 15 heavy (non-hydrogen) atoms. The first-order valence-corrected chi connectivity index (χ1v) is 7.31. The van der Waals surface area contributed by atoms with Gasteiger partial charge in [-0.3, -0.25) is 0 Å². The Balaban J connectivity index is 2.05. The molecule has 1 saturated heterocycles. The molecule has 0 aromatic heterocycles. The maximum Gasteiger partial charge on any atom is 0.0489 e. The number of thioether (sulfide) groups is 1. The van der Waals surface area contributed by atoms with Gasteiger partial charge in [0.1, 0.15) is 0 Å². The van der Waals surface area contributed by atoms with Crippen LogP contribution in [0.3, 0.4) is 0 Å². The number of aryl methyl sites for hydroxylation is 1. The molecule has 0 spiro atoms. The maximum atomic E-state index is 3.62. The molecule has 1 aliphatic heterocycles. The highest BCUT2D eigenvalue weighted by molar-refractivity contribution is 9.10. The first-order valence-electron chi connectivity index (χ1n) is 5.36. The fourth-order valence-electron chi connectivity index (χ4n) is 1.82. The average molecular weight is 286 g/mol. The predicted octanol–water partition coefficient (Wildman–Crippen LogP) is 4.07. The van der Waals surface area contributed by atoms with Gasteiger partial charge in [0.2, 0.25) is 0 Å². The molecule has 1 fully saturated rings. The minimum atomic E-state index is 0.641. The Bertz CT molecular complexity index is 334. The van der Waals surface area contributed by atoms with E-state index in [0.29, 0.717) is 6.04 Å². The van der Waals surface area contributed by atoms with Crippen molar-refractivity contribution in [1.29, 1.82) is 0 Å². The monoisotopic (exact) mass is 285 g/mol. The van der Waals surface area contributed by atoms with E-state index in [2.05, 4.69) is 58.1 Å². The molecule has 2 rings (SSSR count). The number of nitrogens with one attached hydrogen (secondary N) is 1. The van der Waals surface area contributed by atoms with Crippen LogP contribution in [-0.4, -0.2) is 17.5 Å². The van der Waals surface area contributed by atoms with E-state index < -0.39 is 0 Å². The molecule has 0 radical (unpaired) electrons. The average Bonchev–Trinajstić information content (AvgIpc) is 2.25. The summed E-state index contributed by atoms with van der Waals surface area (Å²) in [6, 6.07) is 7.10. The zero-order valence-corrected chi connectivity index (χ0v) is 11.3. The lowest BCUT2D eigenvalue weighted by Gasteiger charge is -2.24. The number of hydrogen-bond donors (Lipinski definition) is 1. The zero-order chi connectivity index (χ0) is 10.7. The summed E-state index contributed by atoms with van der Waals surface area (Å²) in [5.41, 5.74) is 2.55. The molecule has 0 aliphatic carbocycles. The van der Waals surface area contributed by atoms with Crippen molar-refractivity contribution in [2.75, 3.05) is 16.8 Å². The Kier molecular flexibility index (Phi) is 3.98. The van der Waals surface area contributed by atoms with Crippen molar-refractivity contribution in [3.63, 3.8) is 0 Å². The van der Waals surface area contributed by atoms with Gasteiger partial charge in [0.05, 0.1) is 0 Å². The number of anilines is 1. The summed E-state index contributed by atoms with van der Waals surface area (Å²) < 4.78 is 1.17. The Labute approximate surface area is 104 Å². The molecular formula is C12H16BrNS. The Hall–Kier alpha value is -0.150. The largest absolute Gasteiger partial charge is 0.381 e. The van der Waals surface area contributed by atoms with Crippen molar-refractivity contribution in [2.24, 2.45) is 0 Å². The summed E-state index contributed by atoms with van der Waals surface area (Å²) in [5.74, 6) is 2.56. The molecule has 3 heteroatoms. The van der Waals surface area contributed by atoms with Crippen molar-refractivity contribution in [3.05, 3.63) is 28.2 Å². The van der Waals surface area contributed by atoms with Gasteiger partial charge in [-0.05, 0) is 59.1 Å². The topological polar surface area (TPSA) is 12.0 Å². The molecule has 82 valence electrons. The summed E-state index contributed by atoms with van der Waals surface area (Å²) in [6.07, 6.45) is 2.64. The van der Waals surface area contributed by atoms with Crippen LogP contribution in [0.5, 0.6) is 0 Å². The standard InChI is InChI=1S/C12H16BrNS/c1-9-4-5-11(13)12(7-9)14-10-3-2-6-15-8-10/h4-5,7,10,14H,2-3,6,8H2,1H3. The fourth-order valence-corrected chi connectivity index (χ4v) is 3.26. The van der Waals surface area contributed by atoms with Crippen LogP contribution >= 0.6 is 27.7 Å². The van der Waals surface area contributed by atoms with Gasteiger partial charge in [0.25, 0.3) is 0 Å². The highest BCUT2D eigenvalue weighted by Crippen LogP contribution is 2.27. The van der Waals surface area contributed by atoms with Gasteiger partial charge in [-0.1, -0.05) is 6.07 Å². The van der Waals surface area contributed by atoms with Crippen LogP contribution in [0.2, 0.25) is 0 Å².